The molecule has 3 aromatic carbocycles. The Morgan fingerprint density at radius 1 is 0.963 bits per heavy atom. The molecule has 0 unspecified atom stereocenters. The summed E-state index contributed by atoms with van der Waals surface area (Å²) in [7, 11) is 0. The normalized spacial score (nSPS) is 16.9. The van der Waals surface area contributed by atoms with Crippen LogP contribution in [0.2, 0.25) is 5.02 Å². The van der Waals surface area contributed by atoms with Crippen LogP contribution in [-0.2, 0) is 11.2 Å². The zero-order chi connectivity index (χ0) is 18.5. The maximum absolute atomic E-state index is 6.44. The first kappa shape index (κ1) is 18.1. The molecule has 1 N–H and O–H groups in total. The van der Waals surface area contributed by atoms with E-state index in [1.54, 1.807) is 0 Å². The van der Waals surface area contributed by atoms with Crippen molar-refractivity contribution >= 4 is 11.6 Å². The van der Waals surface area contributed by atoms with E-state index >= 15 is 0 Å². The summed E-state index contributed by atoms with van der Waals surface area (Å²) in [6.07, 6.45) is 1.13. The van der Waals surface area contributed by atoms with E-state index in [-0.39, 0.29) is 6.10 Å². The number of nitrogens with one attached hydrogen (secondary N) is 1. The fraction of sp³-hybridized carbons (Fsp3) is 0.217. The van der Waals surface area contributed by atoms with E-state index in [1.807, 2.05) is 48.5 Å². The molecule has 4 rings (SSSR count). The van der Waals surface area contributed by atoms with Gasteiger partial charge in [0.1, 0.15) is 5.75 Å². The third kappa shape index (κ3) is 4.51. The van der Waals surface area contributed by atoms with Gasteiger partial charge in [-0.2, -0.15) is 0 Å². The van der Waals surface area contributed by atoms with Crippen LogP contribution in [0, 0.1) is 0 Å². The molecule has 138 valence electrons. The molecule has 1 aliphatic rings. The fourth-order valence-corrected chi connectivity index (χ4v) is 3.50. The monoisotopic (exact) mass is 379 g/mol. The van der Waals surface area contributed by atoms with Crippen molar-refractivity contribution in [2.75, 3.05) is 19.7 Å². The Balaban J connectivity index is 1.52. The minimum Gasteiger partial charge on any atom is -0.455 e. The molecule has 0 aliphatic carbocycles. The van der Waals surface area contributed by atoms with Crippen LogP contribution in [0.5, 0.6) is 11.5 Å². The van der Waals surface area contributed by atoms with Crippen LogP contribution in [0.1, 0.15) is 5.56 Å². The molecule has 0 radical (unpaired) electrons. The summed E-state index contributed by atoms with van der Waals surface area (Å²) >= 11 is 6.44. The van der Waals surface area contributed by atoms with Crippen molar-refractivity contribution in [1.29, 1.82) is 0 Å². The van der Waals surface area contributed by atoms with Crippen molar-refractivity contribution in [1.82, 2.24) is 5.32 Å². The molecule has 1 aliphatic heterocycles. The Labute approximate surface area is 164 Å². The summed E-state index contributed by atoms with van der Waals surface area (Å²) < 4.78 is 11.9. The number of benzene rings is 3. The zero-order valence-corrected chi connectivity index (χ0v) is 15.8. The van der Waals surface area contributed by atoms with Crippen LogP contribution in [0.3, 0.4) is 0 Å². The average molecular weight is 380 g/mol. The van der Waals surface area contributed by atoms with Crippen molar-refractivity contribution in [3.63, 3.8) is 0 Å². The van der Waals surface area contributed by atoms with Crippen molar-refractivity contribution in [2.45, 2.75) is 12.5 Å². The van der Waals surface area contributed by atoms with Gasteiger partial charge in [-0.25, -0.2) is 0 Å². The Hall–Kier alpha value is -2.33. The molecule has 1 fully saturated rings. The minimum absolute atomic E-state index is 0.235. The van der Waals surface area contributed by atoms with Crippen LogP contribution < -0.4 is 10.1 Å². The van der Waals surface area contributed by atoms with E-state index in [9.17, 15) is 0 Å². The smallest absolute Gasteiger partial charge is 0.153 e. The van der Waals surface area contributed by atoms with Gasteiger partial charge in [-0.3, -0.25) is 0 Å². The first-order valence-electron chi connectivity index (χ1n) is 9.22. The molecule has 3 aromatic rings. The molecule has 0 amide bonds. The van der Waals surface area contributed by atoms with Crippen molar-refractivity contribution < 1.29 is 9.47 Å². The SMILES string of the molecule is Clc1cccc(-c2ccccc2)c1Oc1ccc(C[C@H]2CNCCO2)cc1. The van der Waals surface area contributed by atoms with Gasteiger partial charge in [0.15, 0.2) is 5.75 Å². The Bertz CT molecular complexity index is 875. The molecular formula is C23H22ClNO2. The highest BCUT2D eigenvalue weighted by molar-refractivity contribution is 6.32. The predicted molar refractivity (Wildman–Crippen MR) is 110 cm³/mol. The highest BCUT2D eigenvalue weighted by atomic mass is 35.5. The first-order valence-corrected chi connectivity index (χ1v) is 9.60. The topological polar surface area (TPSA) is 30.5 Å². The summed E-state index contributed by atoms with van der Waals surface area (Å²) in [5, 5.41) is 3.96. The number of rotatable bonds is 5. The van der Waals surface area contributed by atoms with Crippen LogP contribution in [0.25, 0.3) is 11.1 Å². The number of hydrogen-bond acceptors (Lipinski definition) is 3. The van der Waals surface area contributed by atoms with Crippen LogP contribution in [0.4, 0.5) is 0 Å². The molecule has 3 nitrogen and oxygen atoms in total. The summed E-state index contributed by atoms with van der Waals surface area (Å²) in [5.74, 6) is 1.45. The maximum Gasteiger partial charge on any atom is 0.153 e. The molecule has 0 bridgehead atoms. The van der Waals surface area contributed by atoms with E-state index in [4.69, 9.17) is 21.1 Å². The lowest BCUT2D eigenvalue weighted by Crippen LogP contribution is -2.39. The van der Waals surface area contributed by atoms with Gasteiger partial charge in [-0.15, -0.1) is 0 Å². The van der Waals surface area contributed by atoms with Gasteiger partial charge in [0.25, 0.3) is 0 Å². The largest absolute Gasteiger partial charge is 0.455 e. The molecule has 0 aromatic heterocycles. The quantitative estimate of drug-likeness (QED) is 0.649. The third-order valence-electron chi connectivity index (χ3n) is 4.66. The summed E-state index contributed by atoms with van der Waals surface area (Å²) in [6, 6.07) is 24.1. The van der Waals surface area contributed by atoms with Crippen LogP contribution >= 0.6 is 11.6 Å². The molecule has 0 saturated carbocycles. The lowest BCUT2D eigenvalue weighted by atomic mass is 10.0. The fourth-order valence-electron chi connectivity index (χ4n) is 3.28. The van der Waals surface area contributed by atoms with Gasteiger partial charge >= 0.3 is 0 Å². The summed E-state index contributed by atoms with van der Waals surface area (Å²) in [6.45, 7) is 2.61. The van der Waals surface area contributed by atoms with Crippen molar-refractivity contribution in [3.05, 3.63) is 83.4 Å². The van der Waals surface area contributed by atoms with Crippen LogP contribution in [-0.4, -0.2) is 25.8 Å². The standard InChI is InChI=1S/C23H22ClNO2/c24-22-8-4-7-21(18-5-2-1-3-6-18)23(22)27-19-11-9-17(10-12-19)15-20-16-25-13-14-26-20/h1-12,20,25H,13-16H2/t20-/m0/s1. The molecule has 1 saturated heterocycles. The van der Waals surface area contributed by atoms with E-state index in [1.165, 1.54) is 5.56 Å². The highest BCUT2D eigenvalue weighted by Gasteiger charge is 2.15. The Morgan fingerprint density at radius 2 is 1.78 bits per heavy atom. The lowest BCUT2D eigenvalue weighted by molar-refractivity contribution is 0.0292. The second-order valence-corrected chi connectivity index (χ2v) is 7.04. The number of hydrogen-bond donors (Lipinski definition) is 1. The molecular weight excluding hydrogens is 358 g/mol. The number of halogens is 1. The average Bonchev–Trinajstić information content (AvgIpc) is 2.72. The third-order valence-corrected chi connectivity index (χ3v) is 4.96. The molecule has 27 heavy (non-hydrogen) atoms. The number of ether oxygens (including phenoxy) is 2. The molecule has 1 heterocycles. The molecule has 4 heteroatoms. The maximum atomic E-state index is 6.44. The highest BCUT2D eigenvalue weighted by Crippen LogP contribution is 2.39. The number of morpholine rings is 1. The van der Waals surface area contributed by atoms with Crippen molar-refractivity contribution in [2.24, 2.45) is 0 Å². The van der Waals surface area contributed by atoms with Gasteiger partial charge in [-0.1, -0.05) is 66.2 Å². The van der Waals surface area contributed by atoms with E-state index in [2.05, 4.69) is 29.6 Å². The Kier molecular flexibility index (Phi) is 5.73. The number of para-hydroxylation sites is 1. The minimum atomic E-state index is 0.235. The predicted octanol–water partition coefficient (Wildman–Crippen LogP) is 5.33. The van der Waals surface area contributed by atoms with Crippen molar-refractivity contribution in [3.8, 4) is 22.6 Å². The van der Waals surface area contributed by atoms with Gasteiger partial charge in [-0.05, 0) is 35.7 Å². The lowest BCUT2D eigenvalue weighted by Gasteiger charge is -2.23. The second kappa shape index (κ2) is 8.57. The van der Waals surface area contributed by atoms with E-state index < -0.39 is 0 Å². The Morgan fingerprint density at radius 3 is 2.52 bits per heavy atom. The van der Waals surface area contributed by atoms with Gasteiger partial charge in [0, 0.05) is 18.7 Å². The zero-order valence-electron chi connectivity index (χ0n) is 15.0. The summed E-state index contributed by atoms with van der Waals surface area (Å²) in [4.78, 5) is 0. The van der Waals surface area contributed by atoms with Gasteiger partial charge in [0.05, 0.1) is 17.7 Å². The molecule has 0 spiro atoms. The first-order chi connectivity index (χ1) is 13.3. The summed E-state index contributed by atoms with van der Waals surface area (Å²) in [5.41, 5.74) is 3.29. The van der Waals surface area contributed by atoms with Gasteiger partial charge < -0.3 is 14.8 Å². The van der Waals surface area contributed by atoms with Gasteiger partial charge in [0.2, 0.25) is 0 Å². The molecule has 1 atom stereocenters. The van der Waals surface area contributed by atoms with E-state index in [0.29, 0.717) is 10.8 Å². The van der Waals surface area contributed by atoms with Crippen LogP contribution in [0.15, 0.2) is 72.8 Å². The van der Waals surface area contributed by atoms with E-state index in [0.717, 1.165) is 43.0 Å². The second-order valence-electron chi connectivity index (χ2n) is 6.63.